The average molecular weight is 289 g/mol. The molecule has 0 spiro atoms. The van der Waals surface area contributed by atoms with Crippen LogP contribution >= 0.6 is 0 Å². The lowest BCUT2D eigenvalue weighted by Gasteiger charge is -2.36. The van der Waals surface area contributed by atoms with Gasteiger partial charge < -0.3 is 15.5 Å². The van der Waals surface area contributed by atoms with Crippen LogP contribution in [0.1, 0.15) is 41.6 Å². The van der Waals surface area contributed by atoms with E-state index in [0.29, 0.717) is 0 Å². The van der Waals surface area contributed by atoms with E-state index in [1.54, 1.807) is 0 Å². The van der Waals surface area contributed by atoms with Crippen molar-refractivity contribution in [3.05, 3.63) is 29.3 Å². The molecular formula is C17H27N3O. The van der Waals surface area contributed by atoms with Crippen molar-refractivity contribution in [2.75, 3.05) is 33.0 Å². The summed E-state index contributed by atoms with van der Waals surface area (Å²) in [6.45, 7) is 2.74. The first kappa shape index (κ1) is 15.8. The van der Waals surface area contributed by atoms with E-state index >= 15 is 0 Å². The summed E-state index contributed by atoms with van der Waals surface area (Å²) in [5, 5.41) is 6.25. The van der Waals surface area contributed by atoms with Crippen molar-refractivity contribution in [2.45, 2.75) is 38.1 Å². The van der Waals surface area contributed by atoms with Crippen molar-refractivity contribution in [2.24, 2.45) is 0 Å². The van der Waals surface area contributed by atoms with Gasteiger partial charge >= 0.3 is 0 Å². The Hall–Kier alpha value is -1.55. The van der Waals surface area contributed by atoms with Gasteiger partial charge in [0.25, 0.3) is 5.91 Å². The summed E-state index contributed by atoms with van der Waals surface area (Å²) in [6, 6.07) is 5.78. The van der Waals surface area contributed by atoms with Crippen LogP contribution < -0.4 is 10.6 Å². The van der Waals surface area contributed by atoms with Crippen LogP contribution in [0.25, 0.3) is 0 Å². The molecule has 4 heteroatoms. The lowest BCUT2D eigenvalue weighted by atomic mass is 9.96. The van der Waals surface area contributed by atoms with Gasteiger partial charge in [-0.25, -0.2) is 0 Å². The largest absolute Gasteiger partial charge is 0.388 e. The summed E-state index contributed by atoms with van der Waals surface area (Å²) in [6.07, 6.45) is 4.84. The topological polar surface area (TPSA) is 44.4 Å². The molecule has 1 amide bonds. The van der Waals surface area contributed by atoms with E-state index < -0.39 is 0 Å². The predicted molar refractivity (Wildman–Crippen MR) is 87.9 cm³/mol. The fraction of sp³-hybridized carbons (Fsp3) is 0.588. The molecule has 1 fully saturated rings. The molecule has 1 aromatic carbocycles. The van der Waals surface area contributed by atoms with Gasteiger partial charge in [-0.15, -0.1) is 0 Å². The Bertz CT molecular complexity index is 505. The maximum atomic E-state index is 12.4. The van der Waals surface area contributed by atoms with Gasteiger partial charge in [-0.2, -0.15) is 0 Å². The van der Waals surface area contributed by atoms with Crippen molar-refractivity contribution in [3.8, 4) is 0 Å². The number of carbonyl (C=O) groups excluding carboxylic acids is 1. The molecule has 0 radical (unpaired) electrons. The van der Waals surface area contributed by atoms with Crippen LogP contribution in [-0.2, 0) is 0 Å². The Morgan fingerprint density at radius 3 is 2.48 bits per heavy atom. The van der Waals surface area contributed by atoms with E-state index in [9.17, 15) is 4.79 Å². The monoisotopic (exact) mass is 289 g/mol. The summed E-state index contributed by atoms with van der Waals surface area (Å²) < 4.78 is 0. The molecule has 0 saturated heterocycles. The minimum atomic E-state index is 0.0221. The highest BCUT2D eigenvalue weighted by Gasteiger charge is 2.36. The molecular weight excluding hydrogens is 262 g/mol. The molecule has 21 heavy (non-hydrogen) atoms. The van der Waals surface area contributed by atoms with Crippen molar-refractivity contribution in [1.82, 2.24) is 10.2 Å². The minimum absolute atomic E-state index is 0.0221. The second-order valence-corrected chi connectivity index (χ2v) is 6.29. The van der Waals surface area contributed by atoms with Crippen LogP contribution in [0.5, 0.6) is 0 Å². The number of benzene rings is 1. The second kappa shape index (κ2) is 6.48. The Morgan fingerprint density at radius 1 is 1.29 bits per heavy atom. The molecule has 2 rings (SSSR count). The summed E-state index contributed by atoms with van der Waals surface area (Å²) in [5.41, 5.74) is 3.02. The number of amides is 1. The van der Waals surface area contributed by atoms with Gasteiger partial charge in [0.1, 0.15) is 0 Å². The molecule has 0 unspecified atom stereocenters. The third-order valence-electron chi connectivity index (χ3n) is 4.82. The molecule has 1 aliphatic carbocycles. The molecule has 0 heterocycles. The third kappa shape index (κ3) is 3.38. The van der Waals surface area contributed by atoms with Gasteiger partial charge in [0, 0.05) is 30.4 Å². The first-order valence-electron chi connectivity index (χ1n) is 7.72. The summed E-state index contributed by atoms with van der Waals surface area (Å²) in [4.78, 5) is 14.6. The van der Waals surface area contributed by atoms with Crippen LogP contribution in [0.15, 0.2) is 18.2 Å². The maximum Gasteiger partial charge on any atom is 0.251 e. The molecule has 4 nitrogen and oxygen atoms in total. The normalized spacial score (nSPS) is 17.0. The Balaban J connectivity index is 2.03. The molecule has 2 N–H and O–H groups in total. The molecule has 0 bridgehead atoms. The highest BCUT2D eigenvalue weighted by molar-refractivity contribution is 5.94. The number of anilines is 1. The lowest BCUT2D eigenvalue weighted by Crippen LogP contribution is -2.50. The van der Waals surface area contributed by atoms with E-state index in [0.717, 1.165) is 36.2 Å². The number of hydrogen-bond acceptors (Lipinski definition) is 3. The van der Waals surface area contributed by atoms with E-state index in [2.05, 4.69) is 29.6 Å². The van der Waals surface area contributed by atoms with Crippen LogP contribution in [0.2, 0.25) is 0 Å². The van der Waals surface area contributed by atoms with Crippen molar-refractivity contribution in [1.29, 1.82) is 0 Å². The minimum Gasteiger partial charge on any atom is -0.388 e. The van der Waals surface area contributed by atoms with Gasteiger partial charge in [-0.1, -0.05) is 12.8 Å². The third-order valence-corrected chi connectivity index (χ3v) is 4.82. The van der Waals surface area contributed by atoms with Gasteiger partial charge in [0.15, 0.2) is 0 Å². The van der Waals surface area contributed by atoms with Gasteiger partial charge in [-0.3, -0.25) is 4.79 Å². The van der Waals surface area contributed by atoms with E-state index in [1.807, 2.05) is 32.2 Å². The fourth-order valence-electron chi connectivity index (χ4n) is 3.25. The highest BCUT2D eigenvalue weighted by Crippen LogP contribution is 2.33. The van der Waals surface area contributed by atoms with Crippen LogP contribution in [0.3, 0.4) is 0 Å². The summed E-state index contributed by atoms with van der Waals surface area (Å²) in [7, 11) is 6.12. The number of rotatable bonds is 5. The van der Waals surface area contributed by atoms with E-state index in [1.165, 1.54) is 12.8 Å². The van der Waals surface area contributed by atoms with Crippen molar-refractivity contribution in [3.63, 3.8) is 0 Å². The van der Waals surface area contributed by atoms with Gasteiger partial charge in [0.2, 0.25) is 0 Å². The van der Waals surface area contributed by atoms with Gasteiger partial charge in [-0.05, 0) is 57.6 Å². The van der Waals surface area contributed by atoms with Gasteiger partial charge in [0.05, 0.1) is 0 Å². The second-order valence-electron chi connectivity index (χ2n) is 6.29. The molecule has 1 saturated carbocycles. The Kier molecular flexibility index (Phi) is 4.88. The summed E-state index contributed by atoms with van der Waals surface area (Å²) in [5.74, 6) is 0.0221. The molecule has 0 aliphatic heterocycles. The maximum absolute atomic E-state index is 12.4. The number of nitrogens with one attached hydrogen (secondary N) is 2. The zero-order valence-electron chi connectivity index (χ0n) is 13.6. The van der Waals surface area contributed by atoms with Crippen molar-refractivity contribution < 1.29 is 4.79 Å². The number of likely N-dealkylation sites (N-methyl/N-ethyl adjacent to an activating group) is 1. The zero-order chi connectivity index (χ0) is 15.5. The predicted octanol–water partition coefficient (Wildman–Crippen LogP) is 2.64. The molecule has 0 atom stereocenters. The SMILES string of the molecule is CNc1ccc(C(=O)NCC2(N(C)C)CCCC2)cc1C. The highest BCUT2D eigenvalue weighted by atomic mass is 16.1. The molecule has 1 aliphatic rings. The molecule has 116 valence electrons. The summed E-state index contributed by atoms with van der Waals surface area (Å²) >= 11 is 0. The number of aryl methyl sites for hydroxylation is 1. The molecule has 0 aromatic heterocycles. The number of nitrogens with zero attached hydrogens (tertiary/aromatic N) is 1. The first-order valence-corrected chi connectivity index (χ1v) is 7.72. The zero-order valence-corrected chi connectivity index (χ0v) is 13.6. The number of hydrogen-bond donors (Lipinski definition) is 2. The van der Waals surface area contributed by atoms with Crippen LogP contribution in [-0.4, -0.2) is 44.0 Å². The fourth-order valence-corrected chi connectivity index (χ4v) is 3.25. The number of carbonyl (C=O) groups is 1. The van der Waals surface area contributed by atoms with Crippen LogP contribution in [0.4, 0.5) is 5.69 Å². The van der Waals surface area contributed by atoms with Crippen LogP contribution in [0, 0.1) is 6.92 Å². The average Bonchev–Trinajstić information content (AvgIpc) is 2.95. The standard InChI is InChI=1S/C17H27N3O/c1-13-11-14(7-8-15(13)18-2)16(21)19-12-17(20(3)4)9-5-6-10-17/h7-8,11,18H,5-6,9-10,12H2,1-4H3,(H,19,21). The smallest absolute Gasteiger partial charge is 0.251 e. The van der Waals surface area contributed by atoms with E-state index in [4.69, 9.17) is 0 Å². The lowest BCUT2D eigenvalue weighted by molar-refractivity contribution is 0.0900. The molecule has 1 aromatic rings. The van der Waals surface area contributed by atoms with E-state index in [-0.39, 0.29) is 11.4 Å². The quantitative estimate of drug-likeness (QED) is 0.876. The Morgan fingerprint density at radius 2 is 1.95 bits per heavy atom. The van der Waals surface area contributed by atoms with Crippen molar-refractivity contribution >= 4 is 11.6 Å². The first-order chi connectivity index (χ1) is 9.98. The Labute approximate surface area is 127 Å².